The highest BCUT2D eigenvalue weighted by molar-refractivity contribution is 5.54. The third-order valence-electron chi connectivity index (χ3n) is 4.26. The van der Waals surface area contributed by atoms with Crippen molar-refractivity contribution in [2.24, 2.45) is 5.92 Å². The number of hydrogen-bond acceptors (Lipinski definition) is 1. The van der Waals surface area contributed by atoms with E-state index in [2.05, 4.69) is 18.8 Å². The lowest BCUT2D eigenvalue weighted by atomic mass is 9.74. The number of rotatable bonds is 4. The molecule has 2 unspecified atom stereocenters. The number of halogens is 3. The number of alkyl halides is 3. The van der Waals surface area contributed by atoms with E-state index in [-0.39, 0.29) is 11.2 Å². The highest BCUT2D eigenvalue weighted by atomic mass is 19.4. The van der Waals surface area contributed by atoms with Gasteiger partial charge in [0.15, 0.2) is 0 Å². The Kier molecular flexibility index (Phi) is 4.64. The van der Waals surface area contributed by atoms with Crippen LogP contribution in [-0.2, 0) is 6.18 Å². The first-order valence-corrected chi connectivity index (χ1v) is 7.42. The molecule has 1 aromatic carbocycles. The molecule has 0 saturated heterocycles. The van der Waals surface area contributed by atoms with Gasteiger partial charge in [-0.15, -0.1) is 6.58 Å². The van der Waals surface area contributed by atoms with Crippen molar-refractivity contribution in [2.75, 3.05) is 5.32 Å². The molecular weight excluding hydrogens is 275 g/mol. The molecule has 0 aliphatic heterocycles. The maximum atomic E-state index is 13.1. The van der Waals surface area contributed by atoms with Crippen LogP contribution in [0, 0.1) is 5.92 Å². The summed E-state index contributed by atoms with van der Waals surface area (Å²) in [4.78, 5) is 0. The molecule has 1 aliphatic carbocycles. The van der Waals surface area contributed by atoms with E-state index in [0.717, 1.165) is 31.7 Å². The highest BCUT2D eigenvalue weighted by Crippen LogP contribution is 2.41. The van der Waals surface area contributed by atoms with Crippen molar-refractivity contribution in [1.82, 2.24) is 0 Å². The van der Waals surface area contributed by atoms with Gasteiger partial charge < -0.3 is 5.32 Å². The SMILES string of the molecule is C=CCC1(Nc2ccccc2C(F)(F)F)CCCC(C)C1. The predicted molar refractivity (Wildman–Crippen MR) is 80.2 cm³/mol. The molecule has 4 heteroatoms. The predicted octanol–water partition coefficient (Wildman–Crippen LogP) is 5.64. The molecule has 1 aliphatic rings. The van der Waals surface area contributed by atoms with E-state index in [1.54, 1.807) is 12.1 Å². The van der Waals surface area contributed by atoms with Gasteiger partial charge in [0.25, 0.3) is 0 Å². The average Bonchev–Trinajstić information content (AvgIpc) is 2.38. The van der Waals surface area contributed by atoms with Gasteiger partial charge in [-0.2, -0.15) is 13.2 Å². The van der Waals surface area contributed by atoms with Crippen LogP contribution in [0.4, 0.5) is 18.9 Å². The van der Waals surface area contributed by atoms with Gasteiger partial charge in [0, 0.05) is 11.2 Å². The Morgan fingerprint density at radius 2 is 2.10 bits per heavy atom. The topological polar surface area (TPSA) is 12.0 Å². The highest BCUT2D eigenvalue weighted by Gasteiger charge is 2.38. The van der Waals surface area contributed by atoms with Crippen LogP contribution in [0.25, 0.3) is 0 Å². The van der Waals surface area contributed by atoms with Crippen LogP contribution in [-0.4, -0.2) is 5.54 Å². The Balaban J connectivity index is 2.31. The van der Waals surface area contributed by atoms with E-state index >= 15 is 0 Å². The van der Waals surface area contributed by atoms with Gasteiger partial charge in [0.2, 0.25) is 0 Å². The molecule has 0 heterocycles. The number of hydrogen-bond donors (Lipinski definition) is 1. The van der Waals surface area contributed by atoms with Crippen LogP contribution in [0.3, 0.4) is 0 Å². The first kappa shape index (κ1) is 15.9. The van der Waals surface area contributed by atoms with Gasteiger partial charge in [0.05, 0.1) is 5.56 Å². The minimum Gasteiger partial charge on any atom is -0.379 e. The smallest absolute Gasteiger partial charge is 0.379 e. The number of para-hydroxylation sites is 1. The summed E-state index contributed by atoms with van der Waals surface area (Å²) >= 11 is 0. The zero-order valence-electron chi connectivity index (χ0n) is 12.3. The molecule has 0 radical (unpaired) electrons. The molecule has 116 valence electrons. The van der Waals surface area contributed by atoms with Crippen LogP contribution in [0.5, 0.6) is 0 Å². The van der Waals surface area contributed by atoms with Gasteiger partial charge in [-0.25, -0.2) is 0 Å². The minimum absolute atomic E-state index is 0.181. The van der Waals surface area contributed by atoms with Crippen molar-refractivity contribution >= 4 is 5.69 Å². The molecule has 1 aromatic rings. The second-order valence-electron chi connectivity index (χ2n) is 6.14. The van der Waals surface area contributed by atoms with Crippen molar-refractivity contribution in [1.29, 1.82) is 0 Å². The summed E-state index contributed by atoms with van der Waals surface area (Å²) in [5.74, 6) is 0.518. The molecule has 2 atom stereocenters. The number of benzene rings is 1. The van der Waals surface area contributed by atoms with Crippen LogP contribution in [0.15, 0.2) is 36.9 Å². The maximum absolute atomic E-state index is 13.1. The second-order valence-corrected chi connectivity index (χ2v) is 6.14. The molecule has 1 N–H and O–H groups in total. The summed E-state index contributed by atoms with van der Waals surface area (Å²) in [7, 11) is 0. The second kappa shape index (κ2) is 6.12. The van der Waals surface area contributed by atoms with E-state index in [1.165, 1.54) is 12.1 Å². The van der Waals surface area contributed by atoms with Gasteiger partial charge in [-0.05, 0) is 37.3 Å². The normalized spacial score (nSPS) is 26.4. The van der Waals surface area contributed by atoms with E-state index in [1.807, 2.05) is 0 Å². The van der Waals surface area contributed by atoms with Crippen molar-refractivity contribution < 1.29 is 13.2 Å². The fourth-order valence-electron chi connectivity index (χ4n) is 3.41. The van der Waals surface area contributed by atoms with E-state index in [0.29, 0.717) is 12.3 Å². The molecule has 0 spiro atoms. The fourth-order valence-corrected chi connectivity index (χ4v) is 3.41. The monoisotopic (exact) mass is 297 g/mol. The summed E-state index contributed by atoms with van der Waals surface area (Å²) in [5, 5.41) is 3.21. The first-order valence-electron chi connectivity index (χ1n) is 7.42. The number of nitrogens with one attached hydrogen (secondary N) is 1. The lowest BCUT2D eigenvalue weighted by Crippen LogP contribution is -2.42. The standard InChI is InChI=1S/C17H22F3N/c1-3-10-16(11-6-7-13(2)12-16)21-15-9-5-4-8-14(15)17(18,19)20/h3-5,8-9,13,21H,1,6-7,10-12H2,2H3. The van der Waals surface area contributed by atoms with E-state index in [9.17, 15) is 13.2 Å². The zero-order valence-corrected chi connectivity index (χ0v) is 12.3. The lowest BCUT2D eigenvalue weighted by molar-refractivity contribution is -0.137. The van der Waals surface area contributed by atoms with Crippen LogP contribution < -0.4 is 5.32 Å². The van der Waals surface area contributed by atoms with Crippen molar-refractivity contribution in [3.8, 4) is 0 Å². The third-order valence-corrected chi connectivity index (χ3v) is 4.26. The Hall–Kier alpha value is -1.45. The Morgan fingerprint density at radius 1 is 1.38 bits per heavy atom. The van der Waals surface area contributed by atoms with Crippen LogP contribution in [0.1, 0.15) is 44.6 Å². The summed E-state index contributed by atoms with van der Waals surface area (Å²) in [6.07, 6.45) is 2.10. The van der Waals surface area contributed by atoms with Crippen LogP contribution in [0.2, 0.25) is 0 Å². The Bertz CT molecular complexity index is 495. The molecule has 0 amide bonds. The largest absolute Gasteiger partial charge is 0.418 e. The summed E-state index contributed by atoms with van der Waals surface area (Å²) in [6.45, 7) is 5.94. The Labute approximate surface area is 124 Å². The average molecular weight is 297 g/mol. The Morgan fingerprint density at radius 3 is 2.71 bits per heavy atom. The lowest BCUT2D eigenvalue weighted by Gasteiger charge is -2.41. The molecule has 2 rings (SSSR count). The molecule has 0 aromatic heterocycles. The summed E-state index contributed by atoms with van der Waals surface area (Å²) < 4.78 is 39.4. The molecule has 1 saturated carbocycles. The maximum Gasteiger partial charge on any atom is 0.418 e. The summed E-state index contributed by atoms with van der Waals surface area (Å²) in [5.41, 5.74) is -0.714. The number of anilines is 1. The van der Waals surface area contributed by atoms with E-state index < -0.39 is 11.7 Å². The van der Waals surface area contributed by atoms with Crippen molar-refractivity contribution in [3.63, 3.8) is 0 Å². The molecule has 1 nitrogen and oxygen atoms in total. The van der Waals surface area contributed by atoms with Gasteiger partial charge >= 0.3 is 6.18 Å². The van der Waals surface area contributed by atoms with Crippen LogP contribution >= 0.6 is 0 Å². The van der Waals surface area contributed by atoms with Crippen molar-refractivity contribution in [3.05, 3.63) is 42.5 Å². The molecule has 1 fully saturated rings. The quantitative estimate of drug-likeness (QED) is 0.709. The van der Waals surface area contributed by atoms with Crippen molar-refractivity contribution in [2.45, 2.75) is 50.7 Å². The van der Waals surface area contributed by atoms with Gasteiger partial charge in [0.1, 0.15) is 0 Å². The molecule has 21 heavy (non-hydrogen) atoms. The molecular formula is C17H22F3N. The van der Waals surface area contributed by atoms with E-state index in [4.69, 9.17) is 0 Å². The third kappa shape index (κ3) is 3.80. The zero-order chi connectivity index (χ0) is 15.5. The molecule has 0 bridgehead atoms. The van der Waals surface area contributed by atoms with Gasteiger partial charge in [-0.3, -0.25) is 0 Å². The van der Waals surface area contributed by atoms with Gasteiger partial charge in [-0.1, -0.05) is 38.0 Å². The fraction of sp³-hybridized carbons (Fsp3) is 0.529. The minimum atomic E-state index is -4.33. The summed E-state index contributed by atoms with van der Waals surface area (Å²) in [6, 6.07) is 5.73. The first-order chi connectivity index (χ1) is 9.86.